The number of pyridine rings is 1. The van der Waals surface area contributed by atoms with Gasteiger partial charge in [-0.2, -0.15) is 0 Å². The maximum absolute atomic E-state index is 12.1. The summed E-state index contributed by atoms with van der Waals surface area (Å²) < 4.78 is 0. The molecule has 1 N–H and O–H groups in total. The maximum atomic E-state index is 12.1. The van der Waals surface area contributed by atoms with Crippen LogP contribution in [0.4, 0.5) is 0 Å². The lowest BCUT2D eigenvalue weighted by Gasteiger charge is -2.14. The van der Waals surface area contributed by atoms with Gasteiger partial charge in [-0.3, -0.25) is 9.78 Å². The van der Waals surface area contributed by atoms with Crippen molar-refractivity contribution in [3.63, 3.8) is 0 Å². The van der Waals surface area contributed by atoms with Gasteiger partial charge >= 0.3 is 0 Å². The van der Waals surface area contributed by atoms with Gasteiger partial charge in [0.2, 0.25) is 0 Å². The summed E-state index contributed by atoms with van der Waals surface area (Å²) in [5.74, 6) is -0.156. The molecule has 3 rings (SSSR count). The zero-order valence-corrected chi connectivity index (χ0v) is 11.8. The van der Waals surface area contributed by atoms with E-state index in [4.69, 9.17) is 0 Å². The van der Waals surface area contributed by atoms with E-state index in [2.05, 4.69) is 34.6 Å². The first-order valence-electron chi connectivity index (χ1n) is 6.94. The van der Waals surface area contributed by atoms with Crippen molar-refractivity contribution in [1.29, 1.82) is 0 Å². The summed E-state index contributed by atoms with van der Waals surface area (Å²) in [6.07, 6.45) is 1.62. The molecule has 0 aliphatic rings. The van der Waals surface area contributed by atoms with Gasteiger partial charge in [-0.25, -0.2) is 0 Å². The third-order valence-electron chi connectivity index (χ3n) is 3.52. The highest BCUT2D eigenvalue weighted by Crippen LogP contribution is 2.20. The third-order valence-corrected chi connectivity index (χ3v) is 3.52. The number of carbonyl (C=O) groups is 1. The average Bonchev–Trinajstić information content (AvgIpc) is 2.55. The van der Waals surface area contributed by atoms with E-state index in [0.29, 0.717) is 5.69 Å². The van der Waals surface area contributed by atoms with Crippen LogP contribution in [0.25, 0.3) is 10.8 Å². The Kier molecular flexibility index (Phi) is 3.65. The summed E-state index contributed by atoms with van der Waals surface area (Å²) >= 11 is 0. The van der Waals surface area contributed by atoms with E-state index < -0.39 is 0 Å². The second-order valence-corrected chi connectivity index (χ2v) is 5.02. The molecule has 3 aromatic rings. The second-order valence-electron chi connectivity index (χ2n) is 5.02. The number of hydrogen-bond donors (Lipinski definition) is 1. The fourth-order valence-electron chi connectivity index (χ4n) is 2.33. The molecule has 1 amide bonds. The molecule has 0 saturated carbocycles. The minimum Gasteiger partial charge on any atom is -0.344 e. The van der Waals surface area contributed by atoms with Gasteiger partial charge in [0.1, 0.15) is 5.69 Å². The Labute approximate surface area is 123 Å². The fraction of sp³-hybridized carbons (Fsp3) is 0.111. The Morgan fingerprint density at radius 2 is 1.76 bits per heavy atom. The first-order valence-corrected chi connectivity index (χ1v) is 6.94. The normalized spacial score (nSPS) is 12.0. The lowest BCUT2D eigenvalue weighted by Crippen LogP contribution is -2.27. The monoisotopic (exact) mass is 276 g/mol. The quantitative estimate of drug-likeness (QED) is 0.792. The zero-order chi connectivity index (χ0) is 14.7. The van der Waals surface area contributed by atoms with Gasteiger partial charge in [0.25, 0.3) is 5.91 Å². The van der Waals surface area contributed by atoms with Gasteiger partial charge in [0.05, 0.1) is 6.04 Å². The van der Waals surface area contributed by atoms with E-state index in [1.807, 2.05) is 31.2 Å². The van der Waals surface area contributed by atoms with E-state index >= 15 is 0 Å². The van der Waals surface area contributed by atoms with Crippen LogP contribution in [-0.2, 0) is 0 Å². The lowest BCUT2D eigenvalue weighted by molar-refractivity contribution is 0.0935. The van der Waals surface area contributed by atoms with Crippen molar-refractivity contribution in [2.75, 3.05) is 0 Å². The molecule has 1 heterocycles. The maximum Gasteiger partial charge on any atom is 0.270 e. The molecule has 104 valence electrons. The molecule has 0 spiro atoms. The van der Waals surface area contributed by atoms with Crippen LogP contribution in [0.15, 0.2) is 66.9 Å². The van der Waals surface area contributed by atoms with E-state index in [0.717, 1.165) is 5.56 Å². The molecule has 0 radical (unpaired) electrons. The third kappa shape index (κ3) is 2.92. The minimum absolute atomic E-state index is 0.0656. The standard InChI is InChI=1S/C18H16N2O/c1-13(20-18(21)17-8-4-5-11-19-17)15-10-9-14-6-2-3-7-16(14)12-15/h2-13H,1H3,(H,20,21). The molecule has 2 aromatic carbocycles. The molecule has 3 nitrogen and oxygen atoms in total. The number of benzene rings is 2. The molecule has 0 fully saturated rings. The molecule has 1 atom stereocenters. The van der Waals surface area contributed by atoms with E-state index in [9.17, 15) is 4.79 Å². The van der Waals surface area contributed by atoms with Crippen molar-refractivity contribution >= 4 is 16.7 Å². The predicted molar refractivity (Wildman–Crippen MR) is 84.1 cm³/mol. The van der Waals surface area contributed by atoms with Crippen LogP contribution in [0.5, 0.6) is 0 Å². The number of nitrogens with one attached hydrogen (secondary N) is 1. The summed E-state index contributed by atoms with van der Waals surface area (Å²) in [5.41, 5.74) is 1.52. The predicted octanol–water partition coefficient (Wildman–Crippen LogP) is 3.73. The Bertz CT molecular complexity index is 768. The Hall–Kier alpha value is -2.68. The van der Waals surface area contributed by atoms with Crippen LogP contribution in [-0.4, -0.2) is 10.9 Å². The van der Waals surface area contributed by atoms with Crippen LogP contribution >= 0.6 is 0 Å². The molecular formula is C18H16N2O. The van der Waals surface area contributed by atoms with Gasteiger partial charge in [-0.1, -0.05) is 42.5 Å². The summed E-state index contributed by atoms with van der Waals surface area (Å²) in [4.78, 5) is 16.2. The first-order chi connectivity index (χ1) is 10.2. The number of rotatable bonds is 3. The fourth-order valence-corrected chi connectivity index (χ4v) is 2.33. The van der Waals surface area contributed by atoms with E-state index in [-0.39, 0.29) is 11.9 Å². The molecular weight excluding hydrogens is 260 g/mol. The number of fused-ring (bicyclic) bond motifs is 1. The van der Waals surface area contributed by atoms with Gasteiger partial charge < -0.3 is 5.32 Å². The molecule has 0 bridgehead atoms. The first kappa shape index (κ1) is 13.3. The van der Waals surface area contributed by atoms with Crippen molar-refractivity contribution in [3.05, 3.63) is 78.1 Å². The van der Waals surface area contributed by atoms with Gasteiger partial charge in [0, 0.05) is 6.20 Å². The molecule has 1 aromatic heterocycles. The van der Waals surface area contributed by atoms with E-state index in [1.54, 1.807) is 18.3 Å². The van der Waals surface area contributed by atoms with Crippen LogP contribution in [0.1, 0.15) is 29.0 Å². The molecule has 1 unspecified atom stereocenters. The largest absolute Gasteiger partial charge is 0.344 e. The summed E-state index contributed by atoms with van der Waals surface area (Å²) in [5, 5.41) is 5.35. The summed E-state index contributed by atoms with van der Waals surface area (Å²) in [7, 11) is 0. The number of nitrogens with zero attached hydrogens (tertiary/aromatic N) is 1. The Morgan fingerprint density at radius 1 is 1.00 bits per heavy atom. The highest BCUT2D eigenvalue weighted by molar-refractivity contribution is 5.92. The molecule has 0 aliphatic heterocycles. The highest BCUT2D eigenvalue weighted by Gasteiger charge is 2.12. The second kappa shape index (κ2) is 5.75. The summed E-state index contributed by atoms with van der Waals surface area (Å²) in [6, 6.07) is 19.7. The Morgan fingerprint density at radius 3 is 2.52 bits per heavy atom. The van der Waals surface area contributed by atoms with Crippen LogP contribution in [0.2, 0.25) is 0 Å². The topological polar surface area (TPSA) is 42.0 Å². The smallest absolute Gasteiger partial charge is 0.270 e. The van der Waals surface area contributed by atoms with E-state index in [1.165, 1.54) is 10.8 Å². The van der Waals surface area contributed by atoms with Crippen molar-refractivity contribution in [3.8, 4) is 0 Å². The molecule has 0 aliphatic carbocycles. The molecule has 0 saturated heterocycles. The minimum atomic E-state index is -0.156. The molecule has 21 heavy (non-hydrogen) atoms. The van der Waals surface area contributed by atoms with Crippen LogP contribution < -0.4 is 5.32 Å². The SMILES string of the molecule is CC(NC(=O)c1ccccn1)c1ccc2ccccc2c1. The number of carbonyl (C=O) groups excluding carboxylic acids is 1. The van der Waals surface area contributed by atoms with Gasteiger partial charge in [-0.15, -0.1) is 0 Å². The van der Waals surface area contributed by atoms with Gasteiger partial charge in [0.15, 0.2) is 0 Å². The number of aromatic nitrogens is 1. The lowest BCUT2D eigenvalue weighted by atomic mass is 10.0. The highest BCUT2D eigenvalue weighted by atomic mass is 16.1. The average molecular weight is 276 g/mol. The molecule has 3 heteroatoms. The van der Waals surface area contributed by atoms with Crippen molar-refractivity contribution in [1.82, 2.24) is 10.3 Å². The van der Waals surface area contributed by atoms with Crippen LogP contribution in [0.3, 0.4) is 0 Å². The van der Waals surface area contributed by atoms with Crippen molar-refractivity contribution < 1.29 is 4.79 Å². The van der Waals surface area contributed by atoms with Crippen molar-refractivity contribution in [2.24, 2.45) is 0 Å². The number of hydrogen-bond acceptors (Lipinski definition) is 2. The van der Waals surface area contributed by atoms with Crippen LogP contribution in [0, 0.1) is 0 Å². The van der Waals surface area contributed by atoms with Crippen molar-refractivity contribution in [2.45, 2.75) is 13.0 Å². The Balaban J connectivity index is 1.80. The zero-order valence-electron chi connectivity index (χ0n) is 11.8. The number of amides is 1. The summed E-state index contributed by atoms with van der Waals surface area (Å²) in [6.45, 7) is 1.98. The van der Waals surface area contributed by atoms with Gasteiger partial charge in [-0.05, 0) is 41.5 Å².